The van der Waals surface area contributed by atoms with E-state index < -0.39 is 78.0 Å². The number of aliphatic hydroxyl groups is 5. The molecule has 45 heavy (non-hydrogen) atoms. The highest BCUT2D eigenvalue weighted by molar-refractivity contribution is 5.89. The standard InChI is InChI=1S/C28H51N7O10/c1-27(40)12-42-25(20(39)23(27)33-2)44-21-13(8-18(37)28(41)9-14(10-28)35-26(31)32)7-17(30)22(19(21)38)45-24-16(29)4-3-15(43-24)11-34-5-6-36/h3,13-14,16-17,19-25,33-34,36,38-41H,4-12,29-30H2,1-2H3,(H4,31,32,35)/t13-,14?,16+,17-,19+,20+,21-,22?,23+,24+,25+,27-,28?/m0/s1. The SMILES string of the molecule is CN[C@@H]1[C@@H](O)[C@@H](O[C@H]2[C@H](CC(=O)C3(O)CC(N=C(N)N)C3)C[C@H](N)C(O[C@H]3OC(CNCCO)=CC[C@H]3N)[C@@H]2O)OC[C@]1(C)O. The number of likely N-dealkylation sites (N-methyl/N-ethyl adjacent to an activating group) is 1. The zero-order valence-corrected chi connectivity index (χ0v) is 25.8. The quantitative estimate of drug-likeness (QED) is 0.0509. The van der Waals surface area contributed by atoms with Crippen molar-refractivity contribution < 1.29 is 49.3 Å². The molecule has 0 amide bonds. The number of carbonyl (C=O) groups excluding carboxylic acids is 1. The number of nitrogens with one attached hydrogen (secondary N) is 2. The smallest absolute Gasteiger partial charge is 0.215 e. The Labute approximate surface area is 262 Å². The number of carbonyl (C=O) groups is 1. The largest absolute Gasteiger partial charge is 0.467 e. The summed E-state index contributed by atoms with van der Waals surface area (Å²) in [7, 11) is 1.58. The van der Waals surface area contributed by atoms with Crippen LogP contribution < -0.4 is 33.6 Å². The first-order chi connectivity index (χ1) is 21.2. The van der Waals surface area contributed by atoms with Crippen molar-refractivity contribution in [2.45, 2.75) is 111 Å². The van der Waals surface area contributed by atoms with E-state index >= 15 is 0 Å². The summed E-state index contributed by atoms with van der Waals surface area (Å²) in [6.45, 7) is 2.00. The normalized spacial score (nSPS) is 43.5. The fraction of sp³-hybridized carbons (Fsp3) is 0.857. The number of aliphatic imine (C=N–C) groups is 1. The van der Waals surface area contributed by atoms with E-state index in [4.69, 9.17) is 47.0 Å². The van der Waals surface area contributed by atoms with Crippen LogP contribution in [0.5, 0.6) is 0 Å². The fourth-order valence-corrected chi connectivity index (χ4v) is 6.66. The maximum absolute atomic E-state index is 13.4. The highest BCUT2D eigenvalue weighted by atomic mass is 16.7. The lowest BCUT2D eigenvalue weighted by molar-refractivity contribution is -0.308. The lowest BCUT2D eigenvalue weighted by atomic mass is 9.69. The fourth-order valence-electron chi connectivity index (χ4n) is 6.66. The number of Topliss-reactive ketones (excluding diaryl/α,β-unsaturated/α-hetero) is 1. The molecule has 0 aromatic carbocycles. The molecule has 2 aliphatic carbocycles. The average molecular weight is 646 g/mol. The minimum atomic E-state index is -1.65. The predicted octanol–water partition coefficient (Wildman–Crippen LogP) is -4.81. The first kappa shape index (κ1) is 35.8. The van der Waals surface area contributed by atoms with Gasteiger partial charge in [0.05, 0.1) is 44.0 Å². The second-order valence-corrected chi connectivity index (χ2v) is 12.9. The Kier molecular flexibility index (Phi) is 11.8. The van der Waals surface area contributed by atoms with Crippen LogP contribution in [-0.2, 0) is 23.7 Å². The second kappa shape index (κ2) is 14.8. The number of guanidine groups is 1. The van der Waals surface area contributed by atoms with Crippen LogP contribution in [0, 0.1) is 5.92 Å². The van der Waals surface area contributed by atoms with Gasteiger partial charge in [-0.2, -0.15) is 0 Å². The van der Waals surface area contributed by atoms with Crippen LogP contribution in [0.1, 0.15) is 39.0 Å². The Morgan fingerprint density at radius 1 is 1.11 bits per heavy atom. The summed E-state index contributed by atoms with van der Waals surface area (Å²) in [5.74, 6) is -0.766. The van der Waals surface area contributed by atoms with Gasteiger partial charge < -0.3 is 78.0 Å². The van der Waals surface area contributed by atoms with E-state index in [1.54, 1.807) is 7.05 Å². The summed E-state index contributed by atoms with van der Waals surface area (Å²) < 4.78 is 24.0. The molecule has 0 spiro atoms. The molecule has 0 aromatic heterocycles. The average Bonchev–Trinajstić information content (AvgIpc) is 2.94. The van der Waals surface area contributed by atoms with E-state index in [0.717, 1.165) is 0 Å². The Hall–Kier alpha value is -2.00. The predicted molar refractivity (Wildman–Crippen MR) is 160 cm³/mol. The molecule has 2 aliphatic heterocycles. The van der Waals surface area contributed by atoms with E-state index in [1.807, 2.05) is 6.08 Å². The molecule has 0 aromatic rings. The van der Waals surface area contributed by atoms with Crippen molar-refractivity contribution in [1.29, 1.82) is 0 Å². The summed E-state index contributed by atoms with van der Waals surface area (Å²) in [6, 6.07) is -2.57. The van der Waals surface area contributed by atoms with Gasteiger partial charge in [-0.15, -0.1) is 0 Å². The molecule has 17 nitrogen and oxygen atoms in total. The van der Waals surface area contributed by atoms with Crippen LogP contribution in [0.2, 0.25) is 0 Å². The maximum Gasteiger partial charge on any atom is 0.215 e. The van der Waals surface area contributed by atoms with Crippen molar-refractivity contribution in [1.82, 2.24) is 10.6 Å². The first-order valence-electron chi connectivity index (χ1n) is 15.4. The molecule has 4 aliphatic rings. The third kappa shape index (κ3) is 8.30. The molecular weight excluding hydrogens is 594 g/mol. The Balaban J connectivity index is 1.51. The highest BCUT2D eigenvalue weighted by Gasteiger charge is 2.54. The van der Waals surface area contributed by atoms with Crippen molar-refractivity contribution in [2.75, 3.05) is 33.4 Å². The molecule has 1 unspecified atom stereocenters. The van der Waals surface area contributed by atoms with Gasteiger partial charge in [0.15, 0.2) is 18.0 Å². The number of ether oxygens (including phenoxy) is 4. The number of hydrogen-bond acceptors (Lipinski definition) is 15. The van der Waals surface area contributed by atoms with Crippen molar-refractivity contribution in [3.05, 3.63) is 11.8 Å². The summed E-state index contributed by atoms with van der Waals surface area (Å²) in [6.07, 6.45) is -4.93. The van der Waals surface area contributed by atoms with Crippen LogP contribution in [-0.4, -0.2) is 143 Å². The molecule has 17 heteroatoms. The van der Waals surface area contributed by atoms with Gasteiger partial charge in [-0.3, -0.25) is 9.79 Å². The molecule has 4 rings (SSSR count). The molecule has 15 N–H and O–H groups in total. The number of aliphatic hydroxyl groups excluding tert-OH is 3. The topological polar surface area (TPSA) is 296 Å². The van der Waals surface area contributed by atoms with Crippen molar-refractivity contribution in [3.63, 3.8) is 0 Å². The minimum Gasteiger partial charge on any atom is -0.467 e. The number of hydrogen-bond donors (Lipinski definition) is 11. The molecule has 11 atom stereocenters. The molecule has 2 heterocycles. The van der Waals surface area contributed by atoms with Gasteiger partial charge in [-0.25, -0.2) is 0 Å². The monoisotopic (exact) mass is 645 g/mol. The summed E-state index contributed by atoms with van der Waals surface area (Å²) in [5.41, 5.74) is 20.6. The summed E-state index contributed by atoms with van der Waals surface area (Å²) in [5, 5.41) is 59.4. The van der Waals surface area contributed by atoms with E-state index in [0.29, 0.717) is 25.3 Å². The minimum absolute atomic E-state index is 0.0405. The molecule has 1 saturated heterocycles. The molecule has 2 saturated carbocycles. The number of rotatable bonds is 13. The van der Waals surface area contributed by atoms with Gasteiger partial charge >= 0.3 is 0 Å². The number of nitrogens with zero attached hydrogens (tertiary/aromatic N) is 1. The van der Waals surface area contributed by atoms with Crippen LogP contribution in [0.15, 0.2) is 16.8 Å². The Morgan fingerprint density at radius 2 is 1.80 bits per heavy atom. The van der Waals surface area contributed by atoms with Crippen LogP contribution in [0.25, 0.3) is 0 Å². The molecule has 258 valence electrons. The van der Waals surface area contributed by atoms with Gasteiger partial charge in [-0.05, 0) is 38.8 Å². The van der Waals surface area contributed by atoms with E-state index in [2.05, 4.69) is 15.6 Å². The van der Waals surface area contributed by atoms with Crippen LogP contribution in [0.4, 0.5) is 0 Å². The summed E-state index contributed by atoms with van der Waals surface area (Å²) in [4.78, 5) is 17.4. The van der Waals surface area contributed by atoms with Crippen LogP contribution in [0.3, 0.4) is 0 Å². The van der Waals surface area contributed by atoms with E-state index in [-0.39, 0.29) is 50.9 Å². The first-order valence-corrected chi connectivity index (χ1v) is 15.4. The highest BCUT2D eigenvalue weighted by Crippen LogP contribution is 2.41. The third-order valence-electron chi connectivity index (χ3n) is 9.13. The van der Waals surface area contributed by atoms with Crippen molar-refractivity contribution in [3.8, 4) is 0 Å². The molecule has 0 radical (unpaired) electrons. The van der Waals surface area contributed by atoms with Crippen molar-refractivity contribution in [2.24, 2.45) is 33.8 Å². The molecule has 0 bridgehead atoms. The van der Waals surface area contributed by atoms with Crippen LogP contribution >= 0.6 is 0 Å². The van der Waals surface area contributed by atoms with E-state index in [1.165, 1.54) is 6.92 Å². The van der Waals surface area contributed by atoms with Gasteiger partial charge in [0.2, 0.25) is 6.29 Å². The zero-order chi connectivity index (χ0) is 33.1. The van der Waals surface area contributed by atoms with E-state index in [9.17, 15) is 25.2 Å². The number of ketones is 1. The number of nitrogens with two attached hydrogens (primary N) is 4. The molecule has 3 fully saturated rings. The zero-order valence-electron chi connectivity index (χ0n) is 25.8. The van der Waals surface area contributed by atoms with Crippen molar-refractivity contribution >= 4 is 11.7 Å². The molecular formula is C28H51N7O10. The van der Waals surface area contributed by atoms with Gasteiger partial charge in [0.25, 0.3) is 0 Å². The second-order valence-electron chi connectivity index (χ2n) is 12.9. The lowest BCUT2D eigenvalue weighted by Crippen LogP contribution is -2.67. The maximum atomic E-state index is 13.4. The summed E-state index contributed by atoms with van der Waals surface area (Å²) >= 11 is 0. The Morgan fingerprint density at radius 3 is 2.44 bits per heavy atom. The van der Waals surface area contributed by atoms with Gasteiger partial charge in [0, 0.05) is 31.8 Å². The lowest BCUT2D eigenvalue weighted by Gasteiger charge is -2.49. The third-order valence-corrected chi connectivity index (χ3v) is 9.13. The van der Waals surface area contributed by atoms with Gasteiger partial charge in [0.1, 0.15) is 35.3 Å². The Bertz CT molecular complexity index is 1070. The van der Waals surface area contributed by atoms with Gasteiger partial charge in [-0.1, -0.05) is 0 Å².